The summed E-state index contributed by atoms with van der Waals surface area (Å²) in [6.07, 6.45) is 0. The van der Waals surface area contributed by atoms with Crippen molar-refractivity contribution in [2.45, 2.75) is 0 Å². The maximum absolute atomic E-state index is 8.40. The van der Waals surface area contributed by atoms with Crippen molar-refractivity contribution in [1.29, 1.82) is 0 Å². The predicted octanol–water partition coefficient (Wildman–Crippen LogP) is -3.71. The zero-order valence-electron chi connectivity index (χ0n) is 2.32. The van der Waals surface area contributed by atoms with Crippen molar-refractivity contribution in [3.63, 3.8) is 0 Å². The van der Waals surface area contributed by atoms with Gasteiger partial charge in [-0.15, -0.1) is 0 Å². The standard InChI is InChI=1S/Na.HO2P/c;1-3-2/h;3H/q+1;. The van der Waals surface area contributed by atoms with E-state index in [1.807, 2.05) is 0 Å². The van der Waals surface area contributed by atoms with Crippen LogP contribution in [0.5, 0.6) is 0 Å². The topological polar surface area (TPSA) is 40.1 Å². The Bertz CT molecular complexity index is 13.5. The van der Waals surface area contributed by atoms with Crippen LogP contribution in [0.4, 0.5) is 0 Å². The van der Waals surface area contributed by atoms with E-state index in [9.17, 15) is 0 Å². The van der Waals surface area contributed by atoms with Crippen molar-refractivity contribution < 1.29 is 39.0 Å². The molecule has 0 spiro atoms. The minimum Gasteiger partial charge on any atom is -0.597 e. The quantitative estimate of drug-likeness (QED) is 0.225. The van der Waals surface area contributed by atoms with Crippen molar-refractivity contribution in [2.75, 3.05) is 0 Å². The third-order valence-corrected chi connectivity index (χ3v) is 0. The fraction of sp³-hybridized carbons (Fsp3) is 0. The van der Waals surface area contributed by atoms with Gasteiger partial charge in [0.2, 0.25) is 0 Å². The molecule has 0 rings (SSSR count). The van der Waals surface area contributed by atoms with E-state index in [1.54, 1.807) is 0 Å². The van der Waals surface area contributed by atoms with Gasteiger partial charge in [-0.05, 0) is 0 Å². The largest absolute Gasteiger partial charge is 1.00 e. The summed E-state index contributed by atoms with van der Waals surface area (Å²) in [7, 11) is -1.42. The van der Waals surface area contributed by atoms with E-state index in [0.717, 1.165) is 0 Å². The van der Waals surface area contributed by atoms with Gasteiger partial charge in [0.1, 0.15) is 0 Å². The van der Waals surface area contributed by atoms with Gasteiger partial charge in [-0.25, -0.2) is 0 Å². The van der Waals surface area contributed by atoms with Crippen LogP contribution in [0.1, 0.15) is 0 Å². The van der Waals surface area contributed by atoms with Crippen molar-refractivity contribution in [1.82, 2.24) is 0 Å². The van der Waals surface area contributed by atoms with Gasteiger partial charge in [0.25, 0.3) is 8.69 Å². The van der Waals surface area contributed by atoms with Crippen LogP contribution in [-0.4, -0.2) is 0 Å². The smallest absolute Gasteiger partial charge is 0.597 e. The summed E-state index contributed by atoms with van der Waals surface area (Å²) in [6.45, 7) is 0. The summed E-state index contributed by atoms with van der Waals surface area (Å²) in [6, 6.07) is 0. The number of hydrogen-bond acceptors (Lipinski definition) is 2. The Labute approximate surface area is 47.8 Å². The molecule has 0 aliphatic carbocycles. The van der Waals surface area contributed by atoms with Gasteiger partial charge in [0.15, 0.2) is 0 Å². The van der Waals surface area contributed by atoms with Crippen molar-refractivity contribution in [2.24, 2.45) is 0 Å². The molecule has 0 heterocycles. The third kappa shape index (κ3) is 11.6. The summed E-state index contributed by atoms with van der Waals surface area (Å²) in [5.41, 5.74) is 0. The molecule has 0 aromatic carbocycles. The first-order valence-electron chi connectivity index (χ1n) is 0.408. The van der Waals surface area contributed by atoms with Crippen LogP contribution < -0.4 is 34.5 Å². The molecule has 4 heavy (non-hydrogen) atoms. The van der Waals surface area contributed by atoms with Crippen molar-refractivity contribution in [3.05, 3.63) is 0 Å². The van der Waals surface area contributed by atoms with Gasteiger partial charge in [0, 0.05) is 0 Å². The predicted molar refractivity (Wildman–Crippen MR) is 9.00 cm³/mol. The summed E-state index contributed by atoms with van der Waals surface area (Å²) >= 11 is 0. The maximum Gasteiger partial charge on any atom is 1.00 e. The third-order valence-electron chi connectivity index (χ3n) is 0. The molecule has 0 saturated heterocycles. The Hall–Kier alpha value is 1.06. The van der Waals surface area contributed by atoms with E-state index in [0.29, 0.717) is 0 Å². The van der Waals surface area contributed by atoms with E-state index >= 15 is 0 Å². The molecule has 0 saturated carbocycles. The zero-order chi connectivity index (χ0) is 2.71. The molecule has 0 aromatic rings. The molecule has 1 atom stereocenters. The molecular formula is HNaO2P+. The summed E-state index contributed by atoms with van der Waals surface area (Å²) in [5, 5.41) is 0. The van der Waals surface area contributed by atoms with E-state index in [2.05, 4.69) is 0 Å². The van der Waals surface area contributed by atoms with Crippen molar-refractivity contribution in [3.8, 4) is 0 Å². The maximum atomic E-state index is 8.40. The van der Waals surface area contributed by atoms with Crippen LogP contribution in [0.25, 0.3) is 0 Å². The second-order valence-corrected chi connectivity index (χ2v) is 0.250. The van der Waals surface area contributed by atoms with E-state index in [4.69, 9.17) is 9.46 Å². The second kappa shape index (κ2) is 8.96. The van der Waals surface area contributed by atoms with Crippen LogP contribution in [0, 0.1) is 0 Å². The first-order valence-corrected chi connectivity index (χ1v) is 1.22. The van der Waals surface area contributed by atoms with Gasteiger partial charge in [0.05, 0.1) is 0 Å². The first-order chi connectivity index (χ1) is 1.41. The fourth-order valence-corrected chi connectivity index (χ4v) is 0. The summed E-state index contributed by atoms with van der Waals surface area (Å²) < 4.78 is 8.40. The Morgan fingerprint density at radius 2 is 1.75 bits per heavy atom. The Balaban J connectivity index is 0. The molecule has 0 aliphatic heterocycles. The molecule has 0 radical (unpaired) electrons. The second-order valence-electron chi connectivity index (χ2n) is 0.0833. The Morgan fingerprint density at radius 3 is 1.75 bits per heavy atom. The minimum absolute atomic E-state index is 0. The average molecular weight is 87.0 g/mol. The minimum atomic E-state index is -1.42. The van der Waals surface area contributed by atoms with Crippen LogP contribution in [0.2, 0.25) is 0 Å². The zero-order valence-corrected chi connectivity index (χ0v) is 5.32. The van der Waals surface area contributed by atoms with Crippen LogP contribution in [0.3, 0.4) is 0 Å². The molecule has 0 aliphatic rings. The van der Waals surface area contributed by atoms with Crippen LogP contribution >= 0.6 is 8.69 Å². The fourth-order valence-electron chi connectivity index (χ4n) is 0. The van der Waals surface area contributed by atoms with Gasteiger partial charge in [-0.2, -0.15) is 0 Å². The first kappa shape index (κ1) is 8.91. The molecule has 4 heteroatoms. The number of rotatable bonds is 0. The van der Waals surface area contributed by atoms with Gasteiger partial charge in [-0.3, -0.25) is 0 Å². The molecule has 18 valence electrons. The molecule has 1 unspecified atom stereocenters. The van der Waals surface area contributed by atoms with E-state index < -0.39 is 8.69 Å². The van der Waals surface area contributed by atoms with Gasteiger partial charge >= 0.3 is 29.6 Å². The monoisotopic (exact) mass is 87.0 g/mol. The van der Waals surface area contributed by atoms with Crippen LogP contribution in [-0.2, 0) is 4.57 Å². The Morgan fingerprint density at radius 1 is 1.75 bits per heavy atom. The normalized spacial score (nSPS) is 5.25. The van der Waals surface area contributed by atoms with Crippen LogP contribution in [0.15, 0.2) is 0 Å². The van der Waals surface area contributed by atoms with E-state index in [1.165, 1.54) is 0 Å². The molecule has 0 fully saturated rings. The molecule has 0 bridgehead atoms. The van der Waals surface area contributed by atoms with E-state index in [-0.39, 0.29) is 29.6 Å². The number of hydrogen-bond donors (Lipinski definition) is 0. The summed E-state index contributed by atoms with van der Waals surface area (Å²) in [5.74, 6) is 0. The van der Waals surface area contributed by atoms with Gasteiger partial charge in [-0.1, -0.05) is 4.57 Å². The molecule has 0 amide bonds. The van der Waals surface area contributed by atoms with Crippen molar-refractivity contribution >= 4 is 8.69 Å². The average Bonchev–Trinajstić information content (AvgIpc) is 0.918. The molecule has 2 nitrogen and oxygen atoms in total. The molecular weight excluding hydrogens is 86.0 g/mol. The Kier molecular flexibility index (Phi) is 19.9. The molecule has 0 aromatic heterocycles. The SMILES string of the molecule is O=[PH+][O-].[Na+]. The summed E-state index contributed by atoms with van der Waals surface area (Å²) in [4.78, 5) is 8.40. The van der Waals surface area contributed by atoms with Gasteiger partial charge < -0.3 is 4.89 Å². The molecule has 0 N–H and O–H groups in total.